The van der Waals surface area contributed by atoms with Gasteiger partial charge in [0, 0.05) is 17.2 Å². The van der Waals surface area contributed by atoms with Gasteiger partial charge in [-0.05, 0) is 42.4 Å². The molecule has 0 spiro atoms. The number of nitriles is 1. The monoisotopic (exact) mass is 268 g/mol. The highest BCUT2D eigenvalue weighted by atomic mass is 32.2. The Hall–Kier alpha value is -1.76. The topological polar surface area (TPSA) is 35.8 Å². The van der Waals surface area contributed by atoms with Crippen LogP contribution in [0.4, 0.5) is 0 Å². The first-order valence-electron chi connectivity index (χ1n) is 6.17. The Kier molecular flexibility index (Phi) is 5.02. The SMILES string of the molecule is CNCc1cccc(SCc2ccc(C#N)cc2)c1. The largest absolute Gasteiger partial charge is 0.316 e. The van der Waals surface area contributed by atoms with Crippen LogP contribution < -0.4 is 5.32 Å². The lowest BCUT2D eigenvalue weighted by atomic mass is 10.2. The highest BCUT2D eigenvalue weighted by Gasteiger charge is 1.99. The van der Waals surface area contributed by atoms with Crippen molar-refractivity contribution >= 4 is 11.8 Å². The van der Waals surface area contributed by atoms with Gasteiger partial charge in [-0.1, -0.05) is 24.3 Å². The Morgan fingerprint density at radius 3 is 2.58 bits per heavy atom. The minimum absolute atomic E-state index is 0.713. The molecule has 2 aromatic carbocycles. The molecule has 2 nitrogen and oxygen atoms in total. The minimum Gasteiger partial charge on any atom is -0.316 e. The Morgan fingerprint density at radius 2 is 1.89 bits per heavy atom. The molecule has 0 atom stereocenters. The summed E-state index contributed by atoms with van der Waals surface area (Å²) in [5.41, 5.74) is 3.25. The van der Waals surface area contributed by atoms with E-state index in [1.165, 1.54) is 16.0 Å². The normalized spacial score (nSPS) is 10.1. The molecule has 2 aromatic rings. The molecule has 1 N–H and O–H groups in total. The molecule has 0 radical (unpaired) electrons. The predicted molar refractivity (Wildman–Crippen MR) is 79.9 cm³/mol. The molecule has 0 aliphatic rings. The second-order valence-electron chi connectivity index (χ2n) is 4.28. The molecule has 3 heteroatoms. The van der Waals surface area contributed by atoms with E-state index in [-0.39, 0.29) is 0 Å². The van der Waals surface area contributed by atoms with E-state index in [9.17, 15) is 0 Å². The molecule has 0 saturated heterocycles. The van der Waals surface area contributed by atoms with Crippen LogP contribution in [0.1, 0.15) is 16.7 Å². The maximum atomic E-state index is 8.76. The molecule has 0 saturated carbocycles. The van der Waals surface area contributed by atoms with E-state index in [1.807, 2.05) is 43.1 Å². The summed E-state index contributed by atoms with van der Waals surface area (Å²) in [7, 11) is 1.95. The fourth-order valence-electron chi connectivity index (χ4n) is 1.79. The smallest absolute Gasteiger partial charge is 0.0991 e. The third-order valence-electron chi connectivity index (χ3n) is 2.77. The van der Waals surface area contributed by atoms with Crippen molar-refractivity contribution in [3.8, 4) is 6.07 Å². The quantitative estimate of drug-likeness (QED) is 0.842. The van der Waals surface area contributed by atoms with Gasteiger partial charge in [0.2, 0.25) is 0 Å². The Balaban J connectivity index is 1.97. The van der Waals surface area contributed by atoms with Crippen LogP contribution in [0.3, 0.4) is 0 Å². The standard InChI is InChI=1S/C16H16N2S/c1-18-11-15-3-2-4-16(9-15)19-12-14-7-5-13(10-17)6-8-14/h2-9,18H,11-12H2,1H3. The van der Waals surface area contributed by atoms with Crippen LogP contribution in [0.5, 0.6) is 0 Å². The molecule has 0 bridgehead atoms. The summed E-state index contributed by atoms with van der Waals surface area (Å²) in [5, 5.41) is 11.9. The first-order valence-corrected chi connectivity index (χ1v) is 7.16. The minimum atomic E-state index is 0.713. The van der Waals surface area contributed by atoms with E-state index < -0.39 is 0 Å². The molecule has 0 heterocycles. The van der Waals surface area contributed by atoms with Crippen LogP contribution in [0, 0.1) is 11.3 Å². The van der Waals surface area contributed by atoms with Crippen molar-refractivity contribution in [3.63, 3.8) is 0 Å². The van der Waals surface area contributed by atoms with Crippen molar-refractivity contribution in [2.24, 2.45) is 0 Å². The van der Waals surface area contributed by atoms with Crippen LogP contribution in [0.25, 0.3) is 0 Å². The summed E-state index contributed by atoms with van der Waals surface area (Å²) in [6.07, 6.45) is 0. The van der Waals surface area contributed by atoms with Gasteiger partial charge >= 0.3 is 0 Å². The summed E-state index contributed by atoms with van der Waals surface area (Å²) in [4.78, 5) is 1.28. The molecule has 0 aromatic heterocycles. The number of thioether (sulfide) groups is 1. The predicted octanol–water partition coefficient (Wildman–Crippen LogP) is 3.57. The van der Waals surface area contributed by atoms with Crippen LogP contribution in [-0.4, -0.2) is 7.05 Å². The first kappa shape index (κ1) is 13.7. The lowest BCUT2D eigenvalue weighted by Gasteiger charge is -2.05. The number of nitrogens with one attached hydrogen (secondary N) is 1. The van der Waals surface area contributed by atoms with E-state index in [0.717, 1.165) is 12.3 Å². The lowest BCUT2D eigenvalue weighted by Crippen LogP contribution is -2.04. The van der Waals surface area contributed by atoms with Gasteiger partial charge in [-0.15, -0.1) is 11.8 Å². The third-order valence-corrected chi connectivity index (χ3v) is 3.83. The Bertz CT molecular complexity index is 570. The van der Waals surface area contributed by atoms with Crippen molar-refractivity contribution in [3.05, 3.63) is 65.2 Å². The fraction of sp³-hybridized carbons (Fsp3) is 0.188. The average Bonchev–Trinajstić information content (AvgIpc) is 2.46. The molecule has 2 rings (SSSR count). The molecule has 0 fully saturated rings. The Morgan fingerprint density at radius 1 is 1.11 bits per heavy atom. The summed E-state index contributed by atoms with van der Waals surface area (Å²) >= 11 is 1.82. The van der Waals surface area contributed by atoms with Crippen LogP contribution in [-0.2, 0) is 12.3 Å². The molecule has 0 amide bonds. The van der Waals surface area contributed by atoms with Crippen LogP contribution >= 0.6 is 11.8 Å². The van der Waals surface area contributed by atoms with Gasteiger partial charge in [0.05, 0.1) is 11.6 Å². The molecule has 19 heavy (non-hydrogen) atoms. The zero-order valence-corrected chi connectivity index (χ0v) is 11.7. The molecular formula is C16H16N2S. The molecule has 0 aliphatic carbocycles. The highest BCUT2D eigenvalue weighted by Crippen LogP contribution is 2.23. The molecule has 96 valence electrons. The fourth-order valence-corrected chi connectivity index (χ4v) is 2.73. The maximum absolute atomic E-state index is 8.76. The van der Waals surface area contributed by atoms with Crippen LogP contribution in [0.15, 0.2) is 53.4 Å². The number of hydrogen-bond donors (Lipinski definition) is 1. The summed E-state index contributed by atoms with van der Waals surface area (Å²) < 4.78 is 0. The van der Waals surface area contributed by atoms with E-state index >= 15 is 0 Å². The van der Waals surface area contributed by atoms with E-state index in [0.29, 0.717) is 5.56 Å². The van der Waals surface area contributed by atoms with Gasteiger partial charge in [0.25, 0.3) is 0 Å². The summed E-state index contributed by atoms with van der Waals surface area (Å²) in [5.74, 6) is 0.925. The number of rotatable bonds is 5. The third kappa shape index (κ3) is 4.13. The van der Waals surface area contributed by atoms with E-state index in [1.54, 1.807) is 0 Å². The summed E-state index contributed by atoms with van der Waals surface area (Å²) in [6.45, 7) is 0.894. The zero-order valence-electron chi connectivity index (χ0n) is 10.9. The van der Waals surface area contributed by atoms with Gasteiger partial charge in [-0.3, -0.25) is 0 Å². The van der Waals surface area contributed by atoms with Crippen molar-refractivity contribution in [1.82, 2.24) is 5.32 Å². The maximum Gasteiger partial charge on any atom is 0.0991 e. The van der Waals surface area contributed by atoms with Gasteiger partial charge in [0.1, 0.15) is 0 Å². The molecular weight excluding hydrogens is 252 g/mol. The van der Waals surface area contributed by atoms with E-state index in [2.05, 4.69) is 35.7 Å². The van der Waals surface area contributed by atoms with Gasteiger partial charge in [-0.25, -0.2) is 0 Å². The van der Waals surface area contributed by atoms with E-state index in [4.69, 9.17) is 5.26 Å². The van der Waals surface area contributed by atoms with Crippen molar-refractivity contribution in [2.75, 3.05) is 7.05 Å². The first-order chi connectivity index (χ1) is 9.31. The second-order valence-corrected chi connectivity index (χ2v) is 5.32. The van der Waals surface area contributed by atoms with Crippen molar-refractivity contribution < 1.29 is 0 Å². The number of hydrogen-bond acceptors (Lipinski definition) is 3. The lowest BCUT2D eigenvalue weighted by molar-refractivity contribution is 0.815. The average molecular weight is 268 g/mol. The van der Waals surface area contributed by atoms with Crippen molar-refractivity contribution in [2.45, 2.75) is 17.2 Å². The van der Waals surface area contributed by atoms with Gasteiger partial charge in [-0.2, -0.15) is 5.26 Å². The number of nitrogens with zero attached hydrogens (tertiary/aromatic N) is 1. The number of benzene rings is 2. The molecule has 0 unspecified atom stereocenters. The molecule has 0 aliphatic heterocycles. The Labute approximate surface area is 118 Å². The van der Waals surface area contributed by atoms with Gasteiger partial charge in [0.15, 0.2) is 0 Å². The van der Waals surface area contributed by atoms with Gasteiger partial charge < -0.3 is 5.32 Å². The summed E-state index contributed by atoms with van der Waals surface area (Å²) in [6, 6.07) is 18.5. The second kappa shape index (κ2) is 6.98. The van der Waals surface area contributed by atoms with Crippen LogP contribution in [0.2, 0.25) is 0 Å². The highest BCUT2D eigenvalue weighted by molar-refractivity contribution is 7.98. The van der Waals surface area contributed by atoms with Crippen molar-refractivity contribution in [1.29, 1.82) is 5.26 Å². The zero-order chi connectivity index (χ0) is 13.5.